The van der Waals surface area contributed by atoms with E-state index in [1.54, 1.807) is 6.92 Å². The van der Waals surface area contributed by atoms with Crippen molar-refractivity contribution in [2.45, 2.75) is 12.8 Å². The summed E-state index contributed by atoms with van der Waals surface area (Å²) in [5.41, 5.74) is 2.13. The molecule has 0 aromatic heterocycles. The lowest BCUT2D eigenvalue weighted by Gasteiger charge is -2.15. The van der Waals surface area contributed by atoms with E-state index in [9.17, 15) is 4.79 Å². The zero-order valence-corrected chi connectivity index (χ0v) is 9.91. The Morgan fingerprint density at radius 2 is 2.40 bits per heavy atom. The predicted octanol–water partition coefficient (Wildman–Crippen LogP) is 2.68. The summed E-state index contributed by atoms with van der Waals surface area (Å²) in [5, 5.41) is 12.2. The van der Waals surface area contributed by atoms with E-state index in [0.717, 1.165) is 15.7 Å². The van der Waals surface area contributed by atoms with Crippen molar-refractivity contribution < 1.29 is 9.90 Å². The van der Waals surface area contributed by atoms with Gasteiger partial charge in [-0.15, -0.1) is 0 Å². The maximum atomic E-state index is 11.0. The van der Waals surface area contributed by atoms with Crippen LogP contribution in [0.2, 0.25) is 0 Å². The zero-order chi connectivity index (χ0) is 11.0. The zero-order valence-electron chi connectivity index (χ0n) is 8.33. The third-order valence-electron chi connectivity index (χ3n) is 2.93. The Balaban J connectivity index is 2.39. The molecule has 0 spiro atoms. The summed E-state index contributed by atoms with van der Waals surface area (Å²) in [6, 6.07) is 5.88. The van der Waals surface area contributed by atoms with Gasteiger partial charge in [0.15, 0.2) is 0 Å². The number of rotatable bonds is 2. The van der Waals surface area contributed by atoms with Gasteiger partial charge in [-0.3, -0.25) is 4.79 Å². The number of aliphatic carboxylic acids is 1. The maximum absolute atomic E-state index is 11.0. The van der Waals surface area contributed by atoms with Crippen molar-refractivity contribution in [1.29, 1.82) is 0 Å². The van der Waals surface area contributed by atoms with Gasteiger partial charge in [-0.05, 0) is 17.7 Å². The predicted molar refractivity (Wildman–Crippen MR) is 62.2 cm³/mol. The summed E-state index contributed by atoms with van der Waals surface area (Å²) in [5.74, 6) is -1.06. The monoisotopic (exact) mass is 269 g/mol. The number of carboxylic acid groups (broad SMARTS) is 1. The van der Waals surface area contributed by atoms with Gasteiger partial charge in [-0.25, -0.2) is 0 Å². The van der Waals surface area contributed by atoms with E-state index in [1.165, 1.54) is 0 Å². The SMILES string of the molecule is CC(C(=O)O)C1CNc2cccc(Br)c21. The molecule has 0 aliphatic carbocycles. The van der Waals surface area contributed by atoms with Crippen LogP contribution in [0.25, 0.3) is 0 Å². The van der Waals surface area contributed by atoms with Crippen LogP contribution >= 0.6 is 15.9 Å². The normalized spacial score (nSPS) is 20.5. The average Bonchev–Trinajstić information content (AvgIpc) is 2.61. The van der Waals surface area contributed by atoms with Crippen LogP contribution in [0, 0.1) is 5.92 Å². The Labute approximate surface area is 96.6 Å². The Kier molecular flexibility index (Phi) is 2.69. The summed E-state index contributed by atoms with van der Waals surface area (Å²) in [6.45, 7) is 2.45. The van der Waals surface area contributed by atoms with Gasteiger partial charge in [0, 0.05) is 22.6 Å². The first-order chi connectivity index (χ1) is 7.11. The average molecular weight is 270 g/mol. The molecular formula is C11H12BrNO2. The number of hydrogen-bond donors (Lipinski definition) is 2. The first-order valence-electron chi connectivity index (χ1n) is 4.86. The lowest BCUT2D eigenvalue weighted by atomic mass is 9.89. The first kappa shape index (κ1) is 10.5. The molecule has 0 amide bonds. The molecule has 0 radical (unpaired) electrons. The van der Waals surface area contributed by atoms with E-state index in [2.05, 4.69) is 21.2 Å². The second-order valence-electron chi connectivity index (χ2n) is 3.82. The lowest BCUT2D eigenvalue weighted by Crippen LogP contribution is -2.20. The second-order valence-corrected chi connectivity index (χ2v) is 4.67. The number of carbonyl (C=O) groups is 1. The third kappa shape index (κ3) is 1.74. The number of benzene rings is 1. The summed E-state index contributed by atoms with van der Waals surface area (Å²) < 4.78 is 0.989. The van der Waals surface area contributed by atoms with Gasteiger partial charge in [-0.1, -0.05) is 28.9 Å². The molecule has 2 unspecified atom stereocenters. The molecule has 0 saturated heterocycles. The minimum Gasteiger partial charge on any atom is -0.481 e. The van der Waals surface area contributed by atoms with E-state index in [1.807, 2.05) is 18.2 Å². The van der Waals surface area contributed by atoms with Gasteiger partial charge in [-0.2, -0.15) is 0 Å². The molecule has 1 heterocycles. The van der Waals surface area contributed by atoms with Crippen LogP contribution in [0.4, 0.5) is 5.69 Å². The Morgan fingerprint density at radius 3 is 3.07 bits per heavy atom. The van der Waals surface area contributed by atoms with Gasteiger partial charge in [0.2, 0.25) is 0 Å². The lowest BCUT2D eigenvalue weighted by molar-refractivity contribution is -0.141. The van der Waals surface area contributed by atoms with Crippen molar-refractivity contribution in [2.24, 2.45) is 5.92 Å². The van der Waals surface area contributed by atoms with Crippen molar-refractivity contribution in [1.82, 2.24) is 0 Å². The van der Waals surface area contributed by atoms with E-state index < -0.39 is 5.97 Å². The van der Waals surface area contributed by atoms with Crippen molar-refractivity contribution in [3.05, 3.63) is 28.2 Å². The fourth-order valence-electron chi connectivity index (χ4n) is 1.99. The molecule has 15 heavy (non-hydrogen) atoms. The standard InChI is InChI=1S/C11H12BrNO2/c1-6(11(14)15)7-5-13-9-4-2-3-8(12)10(7)9/h2-4,6-7,13H,5H2,1H3,(H,14,15). The molecule has 2 atom stereocenters. The Bertz CT molecular complexity index is 406. The Hall–Kier alpha value is -1.03. The largest absolute Gasteiger partial charge is 0.481 e. The highest BCUT2D eigenvalue weighted by molar-refractivity contribution is 9.10. The highest BCUT2D eigenvalue weighted by Crippen LogP contribution is 2.40. The van der Waals surface area contributed by atoms with Gasteiger partial charge in [0.05, 0.1) is 5.92 Å². The number of nitrogens with one attached hydrogen (secondary N) is 1. The third-order valence-corrected chi connectivity index (χ3v) is 3.62. The minimum atomic E-state index is -0.745. The van der Waals surface area contributed by atoms with Crippen molar-refractivity contribution >= 4 is 27.6 Å². The van der Waals surface area contributed by atoms with Crippen LogP contribution in [-0.4, -0.2) is 17.6 Å². The Morgan fingerprint density at radius 1 is 1.67 bits per heavy atom. The molecule has 0 fully saturated rings. The maximum Gasteiger partial charge on any atom is 0.306 e. The molecule has 1 aliphatic rings. The molecule has 2 rings (SSSR count). The van der Waals surface area contributed by atoms with Gasteiger partial charge in [0.25, 0.3) is 0 Å². The van der Waals surface area contributed by atoms with E-state index in [4.69, 9.17) is 5.11 Å². The summed E-state index contributed by atoms with van der Waals surface area (Å²) in [7, 11) is 0. The van der Waals surface area contributed by atoms with Crippen LogP contribution in [-0.2, 0) is 4.79 Å². The smallest absolute Gasteiger partial charge is 0.306 e. The first-order valence-corrected chi connectivity index (χ1v) is 5.65. The van der Waals surface area contributed by atoms with Crippen molar-refractivity contribution in [3.8, 4) is 0 Å². The van der Waals surface area contributed by atoms with E-state index >= 15 is 0 Å². The van der Waals surface area contributed by atoms with Gasteiger partial charge < -0.3 is 10.4 Å². The molecule has 1 aromatic rings. The summed E-state index contributed by atoms with van der Waals surface area (Å²) in [6.07, 6.45) is 0. The number of hydrogen-bond acceptors (Lipinski definition) is 2. The topological polar surface area (TPSA) is 49.3 Å². The highest BCUT2D eigenvalue weighted by Gasteiger charge is 2.32. The van der Waals surface area contributed by atoms with Crippen molar-refractivity contribution in [2.75, 3.05) is 11.9 Å². The summed E-state index contributed by atoms with van der Waals surface area (Å²) in [4.78, 5) is 11.0. The quantitative estimate of drug-likeness (QED) is 0.868. The van der Waals surface area contributed by atoms with Gasteiger partial charge >= 0.3 is 5.97 Å². The van der Waals surface area contributed by atoms with Crippen LogP contribution in [0.5, 0.6) is 0 Å². The van der Waals surface area contributed by atoms with Crippen LogP contribution in [0.15, 0.2) is 22.7 Å². The second kappa shape index (κ2) is 3.85. The van der Waals surface area contributed by atoms with E-state index in [0.29, 0.717) is 6.54 Å². The van der Waals surface area contributed by atoms with Crippen LogP contribution in [0.3, 0.4) is 0 Å². The molecule has 3 nitrogen and oxygen atoms in total. The van der Waals surface area contributed by atoms with Gasteiger partial charge in [0.1, 0.15) is 0 Å². The number of halogens is 1. The molecule has 0 saturated carbocycles. The number of anilines is 1. The van der Waals surface area contributed by atoms with E-state index in [-0.39, 0.29) is 11.8 Å². The van der Waals surface area contributed by atoms with Crippen molar-refractivity contribution in [3.63, 3.8) is 0 Å². The highest BCUT2D eigenvalue weighted by atomic mass is 79.9. The fourth-order valence-corrected chi connectivity index (χ4v) is 2.65. The summed E-state index contributed by atoms with van der Waals surface area (Å²) >= 11 is 3.47. The molecule has 1 aromatic carbocycles. The molecule has 2 N–H and O–H groups in total. The molecule has 0 bridgehead atoms. The van der Waals surface area contributed by atoms with Crippen LogP contribution in [0.1, 0.15) is 18.4 Å². The number of fused-ring (bicyclic) bond motifs is 1. The molecule has 1 aliphatic heterocycles. The molecule has 4 heteroatoms. The minimum absolute atomic E-state index is 0.0491. The molecule has 80 valence electrons. The van der Waals surface area contributed by atoms with Crippen LogP contribution < -0.4 is 5.32 Å². The fraction of sp³-hybridized carbons (Fsp3) is 0.364. The number of carboxylic acids is 1. The molecular weight excluding hydrogens is 258 g/mol.